The molecule has 0 unspecified atom stereocenters. The van der Waals surface area contributed by atoms with Gasteiger partial charge in [-0.25, -0.2) is 0 Å². The van der Waals surface area contributed by atoms with Crippen molar-refractivity contribution in [3.8, 4) is 5.75 Å². The van der Waals surface area contributed by atoms with Gasteiger partial charge >= 0.3 is 6.18 Å². The number of alkyl halides is 3. The van der Waals surface area contributed by atoms with E-state index in [2.05, 4.69) is 10.5 Å². The van der Waals surface area contributed by atoms with E-state index >= 15 is 0 Å². The lowest BCUT2D eigenvalue weighted by Gasteiger charge is -2.14. The van der Waals surface area contributed by atoms with Crippen molar-refractivity contribution in [2.75, 3.05) is 12.4 Å². The van der Waals surface area contributed by atoms with Gasteiger partial charge in [0, 0.05) is 0 Å². The van der Waals surface area contributed by atoms with Gasteiger partial charge in [0.05, 0.1) is 23.4 Å². The molecule has 0 saturated carbocycles. The Hall–Kier alpha value is -1.96. The van der Waals surface area contributed by atoms with E-state index in [0.29, 0.717) is 18.3 Å². The summed E-state index contributed by atoms with van der Waals surface area (Å²) in [6.07, 6.45) is -4.14. The van der Waals surface area contributed by atoms with Crippen LogP contribution in [-0.4, -0.2) is 24.4 Å². The smallest absolute Gasteiger partial charge is 0.416 e. The highest BCUT2D eigenvalue weighted by atomic mass is 35.5. The minimum Gasteiger partial charge on any atom is -0.493 e. The number of benzene rings is 1. The summed E-state index contributed by atoms with van der Waals surface area (Å²) in [5.41, 5.74) is -1.33. The van der Waals surface area contributed by atoms with Gasteiger partial charge in [-0.1, -0.05) is 16.8 Å². The van der Waals surface area contributed by atoms with E-state index in [1.807, 2.05) is 0 Å². The second kappa shape index (κ2) is 5.79. The first-order chi connectivity index (χ1) is 8.79. The van der Waals surface area contributed by atoms with Crippen LogP contribution in [0.5, 0.6) is 5.75 Å². The number of nitrogens with zero attached hydrogens (tertiary/aromatic N) is 1. The van der Waals surface area contributed by atoms with Crippen LogP contribution in [0.15, 0.2) is 17.3 Å². The van der Waals surface area contributed by atoms with Crippen LogP contribution >= 0.6 is 11.6 Å². The molecule has 9 heteroatoms. The second-order valence-corrected chi connectivity index (χ2v) is 3.68. The number of anilines is 1. The third kappa shape index (κ3) is 3.75. The Morgan fingerprint density at radius 3 is 2.63 bits per heavy atom. The predicted molar refractivity (Wildman–Crippen MR) is 61.9 cm³/mol. The van der Waals surface area contributed by atoms with Crippen LogP contribution in [0.4, 0.5) is 18.9 Å². The quantitative estimate of drug-likeness (QED) is 0.512. The van der Waals surface area contributed by atoms with E-state index in [9.17, 15) is 18.0 Å². The third-order valence-corrected chi connectivity index (χ3v) is 2.29. The average molecular weight is 297 g/mol. The second-order valence-electron chi connectivity index (χ2n) is 3.27. The molecule has 0 aliphatic heterocycles. The van der Waals surface area contributed by atoms with Crippen LogP contribution in [0.1, 0.15) is 5.56 Å². The van der Waals surface area contributed by atoms with Gasteiger partial charge in [-0.05, 0) is 12.1 Å². The highest BCUT2D eigenvalue weighted by molar-refractivity contribution is 6.34. The van der Waals surface area contributed by atoms with Crippen LogP contribution in [0.2, 0.25) is 5.02 Å². The van der Waals surface area contributed by atoms with E-state index in [4.69, 9.17) is 21.5 Å². The zero-order chi connectivity index (χ0) is 14.6. The molecule has 0 radical (unpaired) electrons. The number of hydrogen-bond acceptors (Lipinski definition) is 4. The van der Waals surface area contributed by atoms with Gasteiger partial charge in [0.1, 0.15) is 6.21 Å². The zero-order valence-corrected chi connectivity index (χ0v) is 10.2. The molecule has 0 aliphatic rings. The molecule has 1 aromatic rings. The van der Waals surface area contributed by atoms with Gasteiger partial charge in [0.2, 0.25) is 0 Å². The first-order valence-corrected chi connectivity index (χ1v) is 5.10. The van der Waals surface area contributed by atoms with Crippen molar-refractivity contribution in [2.24, 2.45) is 5.16 Å². The van der Waals surface area contributed by atoms with Crippen molar-refractivity contribution >= 4 is 29.4 Å². The standard InChI is InChI=1S/C10H8ClF3N2O3/c1-19-9-6(11)2-5(10(12,13)14)3-7(9)16-8(17)4-15-18/h2-4,18H,1H3,(H,16,17)/b15-4+. The molecule has 1 rings (SSSR count). The highest BCUT2D eigenvalue weighted by Crippen LogP contribution is 2.40. The number of hydrogen-bond donors (Lipinski definition) is 2. The summed E-state index contributed by atoms with van der Waals surface area (Å²) >= 11 is 5.64. The molecule has 104 valence electrons. The molecule has 2 N–H and O–H groups in total. The van der Waals surface area contributed by atoms with Crippen LogP contribution in [0, 0.1) is 0 Å². The van der Waals surface area contributed by atoms with Crippen molar-refractivity contribution in [1.82, 2.24) is 0 Å². The lowest BCUT2D eigenvalue weighted by molar-refractivity contribution is -0.137. The van der Waals surface area contributed by atoms with Crippen LogP contribution in [0.3, 0.4) is 0 Å². The third-order valence-electron chi connectivity index (χ3n) is 2.01. The van der Waals surface area contributed by atoms with E-state index in [1.54, 1.807) is 0 Å². The number of ether oxygens (including phenoxy) is 1. The number of amides is 1. The number of halogens is 4. The van der Waals surface area contributed by atoms with Crippen molar-refractivity contribution < 1.29 is 27.9 Å². The molecular formula is C10H8ClF3N2O3. The summed E-state index contributed by atoms with van der Waals surface area (Å²) in [6, 6.07) is 1.34. The first-order valence-electron chi connectivity index (χ1n) is 4.72. The minimum absolute atomic E-state index is 0.130. The Kier molecular flexibility index (Phi) is 4.60. The fourth-order valence-electron chi connectivity index (χ4n) is 1.27. The summed E-state index contributed by atoms with van der Waals surface area (Å²) in [5.74, 6) is -1.06. The fourth-order valence-corrected chi connectivity index (χ4v) is 1.57. The van der Waals surface area contributed by atoms with Crippen LogP contribution in [-0.2, 0) is 11.0 Å². The number of oxime groups is 1. The van der Waals surface area contributed by atoms with E-state index < -0.39 is 17.6 Å². The summed E-state index contributed by atoms with van der Waals surface area (Å²) in [5, 5.41) is 12.3. The lowest BCUT2D eigenvalue weighted by atomic mass is 10.1. The maximum atomic E-state index is 12.6. The molecule has 19 heavy (non-hydrogen) atoms. The molecule has 0 atom stereocenters. The largest absolute Gasteiger partial charge is 0.493 e. The fraction of sp³-hybridized carbons (Fsp3) is 0.200. The van der Waals surface area contributed by atoms with Gasteiger partial charge in [-0.15, -0.1) is 0 Å². The van der Waals surface area contributed by atoms with E-state index in [0.717, 1.165) is 0 Å². The summed E-state index contributed by atoms with van der Waals surface area (Å²) in [6.45, 7) is 0. The molecule has 1 aromatic carbocycles. The molecule has 0 spiro atoms. The molecule has 0 aromatic heterocycles. The Balaban J connectivity index is 3.27. The number of carbonyl (C=O) groups is 1. The summed E-state index contributed by atoms with van der Waals surface area (Å²) in [7, 11) is 1.18. The van der Waals surface area contributed by atoms with E-state index in [-0.39, 0.29) is 16.5 Å². The molecule has 0 heterocycles. The minimum atomic E-state index is -4.62. The Bertz CT molecular complexity index is 517. The molecule has 0 aliphatic carbocycles. The summed E-state index contributed by atoms with van der Waals surface area (Å²) in [4.78, 5) is 11.2. The maximum Gasteiger partial charge on any atom is 0.416 e. The predicted octanol–water partition coefficient (Wildman–Crippen LogP) is 2.77. The van der Waals surface area contributed by atoms with Crippen molar-refractivity contribution in [3.63, 3.8) is 0 Å². The topological polar surface area (TPSA) is 70.9 Å². The molecule has 0 fully saturated rings. The molecule has 5 nitrogen and oxygen atoms in total. The van der Waals surface area contributed by atoms with Gasteiger partial charge in [0.15, 0.2) is 5.75 Å². The normalized spacial score (nSPS) is 11.6. The number of carbonyl (C=O) groups excluding carboxylic acids is 1. The Morgan fingerprint density at radius 2 is 2.16 bits per heavy atom. The van der Waals surface area contributed by atoms with Crippen LogP contribution in [0.25, 0.3) is 0 Å². The SMILES string of the molecule is COc1c(Cl)cc(C(F)(F)F)cc1NC(=O)/C=N/O. The number of rotatable bonds is 3. The lowest BCUT2D eigenvalue weighted by Crippen LogP contribution is -2.15. The summed E-state index contributed by atoms with van der Waals surface area (Å²) < 4.78 is 42.6. The van der Waals surface area contributed by atoms with Crippen LogP contribution < -0.4 is 10.1 Å². The first kappa shape index (κ1) is 15.1. The molecule has 0 bridgehead atoms. The highest BCUT2D eigenvalue weighted by Gasteiger charge is 2.32. The van der Waals surface area contributed by atoms with Crippen molar-refractivity contribution in [2.45, 2.75) is 6.18 Å². The molecule has 0 saturated heterocycles. The van der Waals surface area contributed by atoms with Gasteiger partial charge in [-0.2, -0.15) is 13.2 Å². The monoisotopic (exact) mass is 296 g/mol. The van der Waals surface area contributed by atoms with Crippen molar-refractivity contribution in [1.29, 1.82) is 0 Å². The van der Waals surface area contributed by atoms with Crippen molar-refractivity contribution in [3.05, 3.63) is 22.7 Å². The zero-order valence-electron chi connectivity index (χ0n) is 9.45. The van der Waals surface area contributed by atoms with Gasteiger partial charge < -0.3 is 15.3 Å². The Morgan fingerprint density at radius 1 is 1.53 bits per heavy atom. The number of nitrogens with one attached hydrogen (secondary N) is 1. The molecule has 1 amide bonds. The molecular weight excluding hydrogens is 289 g/mol. The maximum absolute atomic E-state index is 12.6. The van der Waals surface area contributed by atoms with Gasteiger partial charge in [0.25, 0.3) is 5.91 Å². The van der Waals surface area contributed by atoms with E-state index in [1.165, 1.54) is 7.11 Å². The number of methoxy groups -OCH3 is 1. The average Bonchev–Trinajstić information content (AvgIpc) is 2.27. The Labute approximate surface area is 110 Å². The van der Waals surface area contributed by atoms with Gasteiger partial charge in [-0.3, -0.25) is 4.79 Å².